The molecule has 5 rings (SSSR count). The van der Waals surface area contributed by atoms with E-state index < -0.39 is 5.97 Å². The van der Waals surface area contributed by atoms with Crippen LogP contribution in [0.2, 0.25) is 0 Å². The highest BCUT2D eigenvalue weighted by Gasteiger charge is 2.29. The Morgan fingerprint density at radius 3 is 2.32 bits per heavy atom. The number of rotatable bonds is 4. The Morgan fingerprint density at radius 1 is 0.892 bits per heavy atom. The molecular formula is C26H27N5O5S. The van der Waals surface area contributed by atoms with Crippen molar-refractivity contribution in [3.05, 3.63) is 74.9 Å². The smallest absolute Gasteiger partial charge is 0.337 e. The number of hydrogen-bond donors (Lipinski definition) is 0. The summed E-state index contributed by atoms with van der Waals surface area (Å²) >= 11 is 1.60. The summed E-state index contributed by atoms with van der Waals surface area (Å²) in [6.07, 6.45) is 0. The summed E-state index contributed by atoms with van der Waals surface area (Å²) in [6, 6.07) is 14.7. The predicted molar refractivity (Wildman–Crippen MR) is 141 cm³/mol. The Kier molecular flexibility index (Phi) is 6.55. The van der Waals surface area contributed by atoms with Crippen LogP contribution in [-0.2, 0) is 23.6 Å². The van der Waals surface area contributed by atoms with E-state index in [2.05, 4.69) is 0 Å². The third-order valence-electron chi connectivity index (χ3n) is 6.80. The van der Waals surface area contributed by atoms with Crippen LogP contribution in [0.25, 0.3) is 0 Å². The number of fused-ring (bicyclic) bond motifs is 2. The highest BCUT2D eigenvalue weighted by Crippen LogP contribution is 2.48. The van der Waals surface area contributed by atoms with Gasteiger partial charge in [-0.15, -0.1) is 0 Å². The van der Waals surface area contributed by atoms with E-state index in [1.54, 1.807) is 35.8 Å². The maximum atomic E-state index is 13.5. The van der Waals surface area contributed by atoms with Crippen LogP contribution in [0.15, 0.2) is 67.9 Å². The molecule has 0 spiro atoms. The quantitative estimate of drug-likeness (QED) is 0.480. The van der Waals surface area contributed by atoms with Crippen LogP contribution in [-0.4, -0.2) is 65.7 Å². The molecule has 0 radical (unpaired) electrons. The fraction of sp³-hybridized carbons (Fsp3) is 0.308. The molecule has 37 heavy (non-hydrogen) atoms. The highest BCUT2D eigenvalue weighted by atomic mass is 32.2. The van der Waals surface area contributed by atoms with E-state index in [0.717, 1.165) is 25.7 Å². The number of hydrogen-bond acceptors (Lipinski definition) is 8. The van der Waals surface area contributed by atoms with Gasteiger partial charge in [-0.1, -0.05) is 23.9 Å². The fourth-order valence-corrected chi connectivity index (χ4v) is 5.77. The molecule has 10 nitrogen and oxygen atoms in total. The van der Waals surface area contributed by atoms with Gasteiger partial charge in [-0.05, 0) is 30.3 Å². The van der Waals surface area contributed by atoms with Gasteiger partial charge in [-0.3, -0.25) is 18.7 Å². The van der Waals surface area contributed by atoms with E-state index in [9.17, 15) is 19.2 Å². The van der Waals surface area contributed by atoms with Crippen LogP contribution in [0.1, 0.15) is 10.4 Å². The van der Waals surface area contributed by atoms with E-state index in [-0.39, 0.29) is 23.7 Å². The van der Waals surface area contributed by atoms with Gasteiger partial charge in [0.1, 0.15) is 12.4 Å². The number of piperazine rings is 1. The minimum atomic E-state index is -0.431. The first kappa shape index (κ1) is 24.7. The lowest BCUT2D eigenvalue weighted by molar-refractivity contribution is -0.129. The van der Waals surface area contributed by atoms with Crippen LogP contribution < -0.4 is 21.0 Å². The van der Waals surface area contributed by atoms with Crippen molar-refractivity contribution in [1.82, 2.24) is 14.0 Å². The standard InChI is InChI=1S/C26H27N5O5S/c1-27-22(15-23(32)28(2)26(27)35)29-10-12-30(13-11-29)24(33)16-31-18-6-4-5-7-20(18)37-21-9-8-17(14-19(21)31)25(34)36-3/h4-9,14-15H,10-13,16H2,1-3H3. The summed E-state index contributed by atoms with van der Waals surface area (Å²) in [6.45, 7) is 2.03. The number of methoxy groups -OCH3 is 1. The van der Waals surface area contributed by atoms with E-state index >= 15 is 0 Å². The molecule has 1 fully saturated rings. The number of nitrogens with zero attached hydrogens (tertiary/aromatic N) is 5. The first-order chi connectivity index (χ1) is 17.8. The predicted octanol–water partition coefficient (Wildman–Crippen LogP) is 1.82. The monoisotopic (exact) mass is 521 g/mol. The summed E-state index contributed by atoms with van der Waals surface area (Å²) in [4.78, 5) is 57.8. The molecule has 2 aliphatic heterocycles. The normalized spacial score (nSPS) is 14.7. The van der Waals surface area contributed by atoms with Crippen molar-refractivity contribution in [1.29, 1.82) is 0 Å². The first-order valence-corrected chi connectivity index (χ1v) is 12.7. The molecule has 2 aliphatic rings. The number of para-hydroxylation sites is 1. The Hall–Kier alpha value is -3.99. The van der Waals surface area contributed by atoms with E-state index in [0.29, 0.717) is 37.6 Å². The third-order valence-corrected chi connectivity index (χ3v) is 7.93. The molecule has 2 aromatic carbocycles. The lowest BCUT2D eigenvalue weighted by atomic mass is 10.1. The maximum Gasteiger partial charge on any atom is 0.337 e. The summed E-state index contributed by atoms with van der Waals surface area (Å²) < 4.78 is 7.42. The molecule has 1 amide bonds. The SMILES string of the molecule is COC(=O)c1ccc2c(c1)N(CC(=O)N1CCN(c3cc(=O)n(C)c(=O)n3C)CC1)c1ccccc1S2. The molecule has 0 bridgehead atoms. The minimum Gasteiger partial charge on any atom is -0.465 e. The van der Waals surface area contributed by atoms with Crippen LogP contribution in [0.3, 0.4) is 0 Å². The van der Waals surface area contributed by atoms with Gasteiger partial charge in [0.15, 0.2) is 0 Å². The number of esters is 1. The molecule has 0 unspecified atom stereocenters. The molecule has 0 saturated carbocycles. The van der Waals surface area contributed by atoms with Crippen molar-refractivity contribution in [2.75, 3.05) is 49.6 Å². The topological polar surface area (TPSA) is 97.1 Å². The molecule has 192 valence electrons. The van der Waals surface area contributed by atoms with Gasteiger partial charge < -0.3 is 19.4 Å². The Bertz CT molecular complexity index is 1510. The lowest BCUT2D eigenvalue weighted by Crippen LogP contribution is -2.52. The van der Waals surface area contributed by atoms with E-state index in [1.807, 2.05) is 40.1 Å². The Balaban J connectivity index is 1.36. The van der Waals surface area contributed by atoms with E-state index in [1.165, 1.54) is 24.8 Å². The zero-order valence-corrected chi connectivity index (χ0v) is 21.7. The number of carbonyl (C=O) groups excluding carboxylic acids is 2. The number of amides is 1. The van der Waals surface area contributed by atoms with Crippen LogP contribution in [0.5, 0.6) is 0 Å². The number of anilines is 3. The number of aromatic nitrogens is 2. The molecule has 0 atom stereocenters. The minimum absolute atomic E-state index is 0.0476. The largest absolute Gasteiger partial charge is 0.465 e. The van der Waals surface area contributed by atoms with Crippen LogP contribution in [0, 0.1) is 0 Å². The molecule has 3 heterocycles. The Labute approximate surface area is 217 Å². The number of ether oxygens (including phenoxy) is 1. The molecule has 1 saturated heterocycles. The molecule has 0 aliphatic carbocycles. The van der Waals surface area contributed by atoms with Gasteiger partial charge in [0.2, 0.25) is 5.91 Å². The van der Waals surface area contributed by atoms with Gasteiger partial charge in [0.05, 0.1) is 24.0 Å². The summed E-state index contributed by atoms with van der Waals surface area (Å²) in [5.41, 5.74) is 1.38. The lowest BCUT2D eigenvalue weighted by Gasteiger charge is -2.38. The van der Waals surface area contributed by atoms with Crippen LogP contribution in [0.4, 0.5) is 17.2 Å². The Morgan fingerprint density at radius 2 is 1.59 bits per heavy atom. The van der Waals surface area contributed by atoms with Gasteiger partial charge in [0.25, 0.3) is 5.56 Å². The molecule has 0 N–H and O–H groups in total. The van der Waals surface area contributed by atoms with Gasteiger partial charge >= 0.3 is 11.7 Å². The second-order valence-electron chi connectivity index (χ2n) is 8.94. The molecule has 1 aromatic heterocycles. The molecular weight excluding hydrogens is 494 g/mol. The van der Waals surface area contributed by atoms with Crippen molar-refractivity contribution in [2.24, 2.45) is 14.1 Å². The van der Waals surface area contributed by atoms with Gasteiger partial charge in [-0.25, -0.2) is 9.59 Å². The average molecular weight is 522 g/mol. The summed E-state index contributed by atoms with van der Waals surface area (Å²) in [5, 5.41) is 0. The van der Waals surface area contributed by atoms with Crippen LogP contribution >= 0.6 is 11.8 Å². The van der Waals surface area contributed by atoms with Crippen molar-refractivity contribution < 1.29 is 14.3 Å². The van der Waals surface area contributed by atoms with Crippen molar-refractivity contribution in [3.8, 4) is 0 Å². The van der Waals surface area contributed by atoms with Crippen molar-refractivity contribution in [3.63, 3.8) is 0 Å². The number of benzene rings is 2. The maximum absolute atomic E-state index is 13.5. The van der Waals surface area contributed by atoms with Gasteiger partial charge in [0, 0.05) is 56.1 Å². The summed E-state index contributed by atoms with van der Waals surface area (Å²) in [5.74, 6) is 0.0688. The van der Waals surface area contributed by atoms with Gasteiger partial charge in [-0.2, -0.15) is 0 Å². The summed E-state index contributed by atoms with van der Waals surface area (Å²) in [7, 11) is 4.44. The third kappa shape index (κ3) is 4.50. The number of carbonyl (C=O) groups is 2. The fourth-order valence-electron chi connectivity index (χ4n) is 4.69. The molecule has 3 aromatic rings. The van der Waals surface area contributed by atoms with Crippen molar-refractivity contribution in [2.45, 2.75) is 9.79 Å². The second-order valence-corrected chi connectivity index (χ2v) is 10.0. The zero-order chi connectivity index (χ0) is 26.3. The van der Waals surface area contributed by atoms with Crippen molar-refractivity contribution >= 4 is 40.8 Å². The molecule has 11 heteroatoms. The second kappa shape index (κ2) is 9.81. The zero-order valence-electron chi connectivity index (χ0n) is 20.8. The first-order valence-electron chi connectivity index (χ1n) is 11.8. The van der Waals surface area contributed by atoms with E-state index in [4.69, 9.17) is 4.74 Å². The average Bonchev–Trinajstić information content (AvgIpc) is 2.93. The highest BCUT2D eigenvalue weighted by molar-refractivity contribution is 7.99.